The Hall–Kier alpha value is -0.763. The summed E-state index contributed by atoms with van der Waals surface area (Å²) in [7, 11) is -1.33. The largest absolute Gasteiger partial charge is 0.0837 e. The van der Waals surface area contributed by atoms with Crippen LogP contribution in [0.3, 0.4) is 0 Å². The molecule has 100 valence electrons. The Morgan fingerprint density at radius 1 is 0.789 bits per heavy atom. The highest BCUT2D eigenvalue weighted by Crippen LogP contribution is 2.33. The fourth-order valence-corrected chi connectivity index (χ4v) is 3.91. The second kappa shape index (κ2) is 5.32. The van der Waals surface area contributed by atoms with Crippen molar-refractivity contribution in [1.29, 1.82) is 0 Å². The second-order valence-electron chi connectivity index (χ2n) is 5.93. The molecule has 0 atom stereocenters. The molecule has 0 aromatic heterocycles. The summed E-state index contributed by atoms with van der Waals surface area (Å²) in [5.41, 5.74) is 3.16. The third kappa shape index (κ3) is 3.22. The quantitative estimate of drug-likeness (QED) is 0.641. The van der Waals surface area contributed by atoms with E-state index < -0.39 is 8.07 Å². The number of aryl methyl sites for hydroxylation is 1. The summed E-state index contributed by atoms with van der Waals surface area (Å²) in [5.74, 6) is 0. The molecule has 0 fully saturated rings. The first-order valence-electron chi connectivity index (χ1n) is 6.35. The first kappa shape index (κ1) is 14.6. The van der Waals surface area contributed by atoms with Crippen LogP contribution >= 0.6 is 23.2 Å². The van der Waals surface area contributed by atoms with Gasteiger partial charge in [0.05, 0.1) is 8.07 Å². The van der Waals surface area contributed by atoms with Crippen LogP contribution in [0.15, 0.2) is 36.4 Å². The SMILES string of the molecule is Cc1ccc(-c2ccc([Si](C)(C)C)cc2Cl)c(Cl)c1. The molecule has 2 aromatic rings. The monoisotopic (exact) mass is 308 g/mol. The number of hydrogen-bond acceptors (Lipinski definition) is 0. The number of halogens is 2. The molecule has 0 bridgehead atoms. The first-order chi connectivity index (χ1) is 8.79. The van der Waals surface area contributed by atoms with Gasteiger partial charge in [0, 0.05) is 21.2 Å². The van der Waals surface area contributed by atoms with Gasteiger partial charge in [0.2, 0.25) is 0 Å². The van der Waals surface area contributed by atoms with Gasteiger partial charge in [-0.25, -0.2) is 0 Å². The first-order valence-corrected chi connectivity index (χ1v) is 10.6. The van der Waals surface area contributed by atoms with Gasteiger partial charge < -0.3 is 0 Å². The Bertz CT molecular complexity index is 613. The van der Waals surface area contributed by atoms with Gasteiger partial charge in [-0.2, -0.15) is 0 Å². The van der Waals surface area contributed by atoms with E-state index in [4.69, 9.17) is 23.2 Å². The fourth-order valence-electron chi connectivity index (χ4n) is 2.04. The molecule has 0 nitrogen and oxygen atoms in total. The molecule has 0 aliphatic heterocycles. The molecule has 0 heterocycles. The van der Waals surface area contributed by atoms with Crippen LogP contribution in [0.1, 0.15) is 5.56 Å². The van der Waals surface area contributed by atoms with E-state index in [1.54, 1.807) is 0 Å². The van der Waals surface area contributed by atoms with Gasteiger partial charge in [0.25, 0.3) is 0 Å². The van der Waals surface area contributed by atoms with Crippen LogP contribution in [0.25, 0.3) is 11.1 Å². The van der Waals surface area contributed by atoms with E-state index in [0.717, 1.165) is 26.7 Å². The lowest BCUT2D eigenvalue weighted by molar-refractivity contribution is 1.47. The Morgan fingerprint density at radius 2 is 1.32 bits per heavy atom. The van der Waals surface area contributed by atoms with Gasteiger partial charge in [0.15, 0.2) is 0 Å². The van der Waals surface area contributed by atoms with E-state index in [1.165, 1.54) is 5.19 Å². The van der Waals surface area contributed by atoms with Gasteiger partial charge in [-0.1, -0.05) is 72.3 Å². The summed E-state index contributed by atoms with van der Waals surface area (Å²) in [6.45, 7) is 8.98. The van der Waals surface area contributed by atoms with Crippen LogP contribution in [0.5, 0.6) is 0 Å². The highest BCUT2D eigenvalue weighted by atomic mass is 35.5. The summed E-state index contributed by atoms with van der Waals surface area (Å²) >= 11 is 12.8. The Labute approximate surface area is 126 Å². The van der Waals surface area contributed by atoms with Crippen molar-refractivity contribution >= 4 is 36.5 Å². The van der Waals surface area contributed by atoms with Crippen molar-refractivity contribution in [2.45, 2.75) is 26.6 Å². The zero-order chi connectivity index (χ0) is 14.2. The Kier molecular flexibility index (Phi) is 4.10. The predicted molar refractivity (Wildman–Crippen MR) is 89.6 cm³/mol. The standard InChI is InChI=1S/C16H18Cl2Si/c1-11-5-7-13(15(17)9-11)14-8-6-12(10-16(14)18)19(2,3)4/h5-10H,1-4H3. The lowest BCUT2D eigenvalue weighted by Crippen LogP contribution is -2.37. The molecule has 0 radical (unpaired) electrons. The maximum absolute atomic E-state index is 6.45. The molecule has 0 saturated carbocycles. The van der Waals surface area contributed by atoms with E-state index in [1.807, 2.05) is 19.1 Å². The van der Waals surface area contributed by atoms with E-state index in [9.17, 15) is 0 Å². The van der Waals surface area contributed by atoms with Crippen LogP contribution in [0, 0.1) is 6.92 Å². The molecule has 0 saturated heterocycles. The Morgan fingerprint density at radius 3 is 1.79 bits per heavy atom. The molecule has 2 rings (SSSR count). The highest BCUT2D eigenvalue weighted by Gasteiger charge is 2.18. The molecule has 0 aliphatic rings. The molecular weight excluding hydrogens is 291 g/mol. The highest BCUT2D eigenvalue weighted by molar-refractivity contribution is 6.88. The number of benzene rings is 2. The fraction of sp³-hybridized carbons (Fsp3) is 0.250. The van der Waals surface area contributed by atoms with Crippen molar-refractivity contribution in [3.05, 3.63) is 52.0 Å². The average molecular weight is 309 g/mol. The van der Waals surface area contributed by atoms with E-state index in [0.29, 0.717) is 0 Å². The van der Waals surface area contributed by atoms with E-state index in [-0.39, 0.29) is 0 Å². The van der Waals surface area contributed by atoms with Crippen LogP contribution < -0.4 is 5.19 Å². The van der Waals surface area contributed by atoms with Crippen molar-refractivity contribution < 1.29 is 0 Å². The molecule has 3 heteroatoms. The van der Waals surface area contributed by atoms with E-state index >= 15 is 0 Å². The van der Waals surface area contributed by atoms with Gasteiger partial charge >= 0.3 is 0 Å². The van der Waals surface area contributed by atoms with Crippen molar-refractivity contribution in [2.75, 3.05) is 0 Å². The number of hydrogen-bond donors (Lipinski definition) is 0. The maximum atomic E-state index is 6.45. The zero-order valence-electron chi connectivity index (χ0n) is 11.7. The van der Waals surface area contributed by atoms with Crippen LogP contribution in [-0.4, -0.2) is 8.07 Å². The molecule has 0 spiro atoms. The van der Waals surface area contributed by atoms with Gasteiger partial charge in [-0.15, -0.1) is 0 Å². The molecule has 0 aliphatic carbocycles. The average Bonchev–Trinajstić information content (AvgIpc) is 2.28. The molecule has 19 heavy (non-hydrogen) atoms. The van der Waals surface area contributed by atoms with Gasteiger partial charge in [-0.05, 0) is 24.6 Å². The maximum Gasteiger partial charge on any atom is 0.0776 e. The normalized spacial score (nSPS) is 11.7. The summed E-state index contributed by atoms with van der Waals surface area (Å²) in [5, 5.41) is 2.90. The van der Waals surface area contributed by atoms with Gasteiger partial charge in [-0.3, -0.25) is 0 Å². The number of rotatable bonds is 2. The summed E-state index contributed by atoms with van der Waals surface area (Å²) in [6.07, 6.45) is 0. The molecule has 0 amide bonds. The minimum absolute atomic E-state index is 0.752. The van der Waals surface area contributed by atoms with Gasteiger partial charge in [0.1, 0.15) is 0 Å². The topological polar surface area (TPSA) is 0 Å². The molecule has 0 N–H and O–H groups in total. The Balaban J connectivity index is 2.52. The van der Waals surface area contributed by atoms with Crippen molar-refractivity contribution in [2.24, 2.45) is 0 Å². The second-order valence-corrected chi connectivity index (χ2v) is 11.8. The van der Waals surface area contributed by atoms with Crippen LogP contribution in [-0.2, 0) is 0 Å². The van der Waals surface area contributed by atoms with Crippen LogP contribution in [0.4, 0.5) is 0 Å². The molecule has 0 unspecified atom stereocenters. The van der Waals surface area contributed by atoms with E-state index in [2.05, 4.69) is 43.9 Å². The van der Waals surface area contributed by atoms with Crippen molar-refractivity contribution in [1.82, 2.24) is 0 Å². The van der Waals surface area contributed by atoms with Crippen molar-refractivity contribution in [3.63, 3.8) is 0 Å². The molecular formula is C16H18Cl2Si. The smallest absolute Gasteiger partial charge is 0.0776 e. The third-order valence-electron chi connectivity index (χ3n) is 3.25. The van der Waals surface area contributed by atoms with Crippen molar-refractivity contribution in [3.8, 4) is 11.1 Å². The third-order valence-corrected chi connectivity index (χ3v) is 5.92. The lowest BCUT2D eigenvalue weighted by Gasteiger charge is -2.18. The minimum Gasteiger partial charge on any atom is -0.0837 e. The van der Waals surface area contributed by atoms with Crippen LogP contribution in [0.2, 0.25) is 29.7 Å². The summed E-state index contributed by atoms with van der Waals surface area (Å²) in [4.78, 5) is 0. The molecule has 2 aromatic carbocycles. The zero-order valence-corrected chi connectivity index (χ0v) is 14.2. The predicted octanol–water partition coefficient (Wildman–Crippen LogP) is 5.51. The minimum atomic E-state index is -1.33. The lowest BCUT2D eigenvalue weighted by atomic mass is 10.0. The summed E-state index contributed by atoms with van der Waals surface area (Å²) in [6, 6.07) is 12.4. The summed E-state index contributed by atoms with van der Waals surface area (Å²) < 4.78 is 0.